The minimum atomic E-state index is -0.182. The SMILES string of the molecule is CN(CC1COc2ccccc2O1)C(=O)COc1ccc2c(c1)CCC2. The topological polar surface area (TPSA) is 48.0 Å². The van der Waals surface area contributed by atoms with Gasteiger partial charge in [-0.1, -0.05) is 18.2 Å². The molecule has 2 aromatic rings. The normalized spacial score (nSPS) is 17.5. The molecule has 1 heterocycles. The Bertz CT molecular complexity index is 804. The van der Waals surface area contributed by atoms with E-state index in [0.717, 1.165) is 30.1 Å². The highest BCUT2D eigenvalue weighted by atomic mass is 16.6. The summed E-state index contributed by atoms with van der Waals surface area (Å²) in [4.78, 5) is 14.0. The fraction of sp³-hybridized carbons (Fsp3) is 0.381. The van der Waals surface area contributed by atoms with Crippen molar-refractivity contribution in [2.24, 2.45) is 0 Å². The number of carbonyl (C=O) groups is 1. The summed E-state index contributed by atoms with van der Waals surface area (Å²) in [6.07, 6.45) is 3.26. The Kier molecular flexibility index (Phi) is 4.69. The van der Waals surface area contributed by atoms with Crippen LogP contribution in [-0.2, 0) is 17.6 Å². The van der Waals surface area contributed by atoms with E-state index in [4.69, 9.17) is 14.2 Å². The third-order valence-electron chi connectivity index (χ3n) is 4.90. The molecule has 0 N–H and O–H groups in total. The zero-order valence-electron chi connectivity index (χ0n) is 14.9. The van der Waals surface area contributed by atoms with Crippen molar-refractivity contribution in [3.63, 3.8) is 0 Å². The highest BCUT2D eigenvalue weighted by molar-refractivity contribution is 5.77. The van der Waals surface area contributed by atoms with Crippen molar-refractivity contribution < 1.29 is 19.0 Å². The summed E-state index contributed by atoms with van der Waals surface area (Å²) < 4.78 is 17.3. The van der Waals surface area contributed by atoms with Gasteiger partial charge in [0.25, 0.3) is 5.91 Å². The molecule has 1 aliphatic heterocycles. The molecule has 0 saturated carbocycles. The van der Waals surface area contributed by atoms with E-state index in [1.807, 2.05) is 30.3 Å². The Morgan fingerprint density at radius 1 is 1.15 bits per heavy atom. The van der Waals surface area contributed by atoms with Gasteiger partial charge in [-0.25, -0.2) is 0 Å². The van der Waals surface area contributed by atoms with Gasteiger partial charge in [-0.3, -0.25) is 4.79 Å². The fourth-order valence-electron chi connectivity index (χ4n) is 3.45. The maximum Gasteiger partial charge on any atom is 0.260 e. The molecule has 0 radical (unpaired) electrons. The number of nitrogens with zero attached hydrogens (tertiary/aromatic N) is 1. The van der Waals surface area contributed by atoms with Crippen LogP contribution in [0.5, 0.6) is 17.2 Å². The number of hydrogen-bond donors (Lipinski definition) is 0. The second-order valence-electron chi connectivity index (χ2n) is 6.84. The van der Waals surface area contributed by atoms with Crippen molar-refractivity contribution in [3.8, 4) is 17.2 Å². The van der Waals surface area contributed by atoms with Crippen LogP contribution < -0.4 is 14.2 Å². The number of carbonyl (C=O) groups excluding carboxylic acids is 1. The van der Waals surface area contributed by atoms with Gasteiger partial charge >= 0.3 is 0 Å². The molecular formula is C21H23NO4. The maximum atomic E-state index is 12.4. The summed E-state index contributed by atoms with van der Waals surface area (Å²) in [5.74, 6) is 2.16. The van der Waals surface area contributed by atoms with Crippen LogP contribution in [-0.4, -0.2) is 43.7 Å². The molecule has 1 amide bonds. The predicted octanol–water partition coefficient (Wildman–Crippen LogP) is 2.85. The predicted molar refractivity (Wildman–Crippen MR) is 98.0 cm³/mol. The highest BCUT2D eigenvalue weighted by Gasteiger charge is 2.24. The molecule has 5 heteroatoms. The van der Waals surface area contributed by atoms with Gasteiger partial charge in [-0.2, -0.15) is 0 Å². The van der Waals surface area contributed by atoms with Gasteiger partial charge in [0.2, 0.25) is 0 Å². The van der Waals surface area contributed by atoms with E-state index in [9.17, 15) is 4.79 Å². The molecule has 0 aromatic heterocycles. The van der Waals surface area contributed by atoms with Crippen LogP contribution in [0.25, 0.3) is 0 Å². The lowest BCUT2D eigenvalue weighted by Crippen LogP contribution is -2.43. The van der Waals surface area contributed by atoms with Gasteiger partial charge < -0.3 is 19.1 Å². The van der Waals surface area contributed by atoms with E-state index in [1.54, 1.807) is 11.9 Å². The molecule has 26 heavy (non-hydrogen) atoms. The van der Waals surface area contributed by atoms with Crippen LogP contribution >= 0.6 is 0 Å². The van der Waals surface area contributed by atoms with Gasteiger partial charge in [0.1, 0.15) is 12.4 Å². The number of amides is 1. The number of likely N-dealkylation sites (N-methyl/N-ethyl adjacent to an activating group) is 1. The second kappa shape index (κ2) is 7.28. The summed E-state index contributed by atoms with van der Waals surface area (Å²) >= 11 is 0. The van der Waals surface area contributed by atoms with Gasteiger partial charge in [-0.15, -0.1) is 0 Å². The van der Waals surface area contributed by atoms with Gasteiger partial charge in [0, 0.05) is 7.05 Å². The zero-order chi connectivity index (χ0) is 17.9. The van der Waals surface area contributed by atoms with E-state index in [2.05, 4.69) is 12.1 Å². The third-order valence-corrected chi connectivity index (χ3v) is 4.90. The lowest BCUT2D eigenvalue weighted by molar-refractivity contribution is -0.133. The smallest absolute Gasteiger partial charge is 0.260 e. The number of hydrogen-bond acceptors (Lipinski definition) is 4. The fourth-order valence-corrected chi connectivity index (χ4v) is 3.45. The van der Waals surface area contributed by atoms with E-state index in [1.165, 1.54) is 17.5 Å². The standard InChI is InChI=1S/C21H23NO4/c1-22(12-18-13-25-19-7-2-3-8-20(19)26-18)21(23)14-24-17-10-9-15-5-4-6-16(15)11-17/h2-3,7-11,18H,4-6,12-14H2,1H3. The molecule has 0 spiro atoms. The van der Waals surface area contributed by atoms with Crippen LogP contribution in [0.3, 0.4) is 0 Å². The highest BCUT2D eigenvalue weighted by Crippen LogP contribution is 2.31. The lowest BCUT2D eigenvalue weighted by atomic mass is 10.1. The van der Waals surface area contributed by atoms with Crippen molar-refractivity contribution in [2.75, 3.05) is 26.8 Å². The largest absolute Gasteiger partial charge is 0.486 e. The number of para-hydroxylation sites is 2. The Labute approximate surface area is 153 Å². The van der Waals surface area contributed by atoms with E-state index in [-0.39, 0.29) is 18.6 Å². The molecule has 1 aliphatic carbocycles. The zero-order valence-corrected chi connectivity index (χ0v) is 14.9. The van der Waals surface area contributed by atoms with Crippen molar-refractivity contribution in [3.05, 3.63) is 53.6 Å². The molecule has 2 aromatic carbocycles. The maximum absolute atomic E-state index is 12.4. The summed E-state index contributed by atoms with van der Waals surface area (Å²) in [5, 5.41) is 0. The average molecular weight is 353 g/mol. The first-order valence-electron chi connectivity index (χ1n) is 9.06. The number of ether oxygens (including phenoxy) is 3. The van der Waals surface area contributed by atoms with Crippen molar-refractivity contribution >= 4 is 5.91 Å². The van der Waals surface area contributed by atoms with Crippen molar-refractivity contribution in [1.82, 2.24) is 4.90 Å². The van der Waals surface area contributed by atoms with Gasteiger partial charge in [-0.05, 0) is 54.7 Å². The Hall–Kier alpha value is -2.69. The third kappa shape index (κ3) is 3.62. The van der Waals surface area contributed by atoms with Crippen LogP contribution in [0.2, 0.25) is 0 Å². The molecule has 136 valence electrons. The number of benzene rings is 2. The molecule has 5 nitrogen and oxygen atoms in total. The lowest BCUT2D eigenvalue weighted by Gasteiger charge is -2.29. The Morgan fingerprint density at radius 3 is 2.85 bits per heavy atom. The minimum absolute atomic E-state index is 0.0272. The first-order chi connectivity index (χ1) is 12.7. The van der Waals surface area contributed by atoms with Crippen LogP contribution in [0.4, 0.5) is 0 Å². The molecule has 0 bridgehead atoms. The molecule has 0 saturated heterocycles. The molecule has 1 unspecified atom stereocenters. The minimum Gasteiger partial charge on any atom is -0.486 e. The quantitative estimate of drug-likeness (QED) is 0.829. The van der Waals surface area contributed by atoms with Crippen LogP contribution in [0.15, 0.2) is 42.5 Å². The summed E-state index contributed by atoms with van der Waals surface area (Å²) in [5.41, 5.74) is 2.74. The van der Waals surface area contributed by atoms with E-state index < -0.39 is 0 Å². The van der Waals surface area contributed by atoms with Gasteiger partial charge in [0.15, 0.2) is 24.2 Å². The Balaban J connectivity index is 1.28. The van der Waals surface area contributed by atoms with Crippen LogP contribution in [0.1, 0.15) is 17.5 Å². The molecular weight excluding hydrogens is 330 g/mol. The van der Waals surface area contributed by atoms with Gasteiger partial charge in [0.05, 0.1) is 6.54 Å². The summed E-state index contributed by atoms with van der Waals surface area (Å²) in [6, 6.07) is 13.7. The Morgan fingerprint density at radius 2 is 1.96 bits per heavy atom. The first kappa shape index (κ1) is 16.8. The number of rotatable bonds is 5. The summed E-state index contributed by atoms with van der Waals surface area (Å²) in [6.45, 7) is 0.917. The molecule has 2 aliphatic rings. The van der Waals surface area contributed by atoms with Crippen molar-refractivity contribution in [2.45, 2.75) is 25.4 Å². The number of fused-ring (bicyclic) bond motifs is 2. The number of aryl methyl sites for hydroxylation is 2. The van der Waals surface area contributed by atoms with E-state index >= 15 is 0 Å². The average Bonchev–Trinajstić information content (AvgIpc) is 3.13. The monoisotopic (exact) mass is 353 g/mol. The molecule has 4 rings (SSSR count). The van der Waals surface area contributed by atoms with E-state index in [0.29, 0.717) is 13.2 Å². The second-order valence-corrected chi connectivity index (χ2v) is 6.84. The molecule has 0 fully saturated rings. The first-order valence-corrected chi connectivity index (χ1v) is 9.06. The van der Waals surface area contributed by atoms with Crippen LogP contribution in [0, 0.1) is 0 Å². The van der Waals surface area contributed by atoms with Crippen molar-refractivity contribution in [1.29, 1.82) is 0 Å². The summed E-state index contributed by atoms with van der Waals surface area (Å²) in [7, 11) is 1.76. The molecule has 1 atom stereocenters.